The van der Waals surface area contributed by atoms with E-state index in [0.717, 1.165) is 21.2 Å². The third-order valence-electron chi connectivity index (χ3n) is 3.62. The van der Waals surface area contributed by atoms with Crippen molar-refractivity contribution in [3.05, 3.63) is 63.1 Å². The van der Waals surface area contributed by atoms with E-state index >= 15 is 0 Å². The fraction of sp³-hybridized carbons (Fsp3) is 0.263. The average molecular weight is 389 g/mol. The average Bonchev–Trinajstić information content (AvgIpc) is 2.51. The molecular weight excluding hydrogens is 368 g/mol. The van der Waals surface area contributed by atoms with E-state index in [0.29, 0.717) is 5.75 Å². The first-order chi connectivity index (χ1) is 11.4. The van der Waals surface area contributed by atoms with Crippen LogP contribution in [-0.4, -0.2) is 18.2 Å². The highest BCUT2D eigenvalue weighted by atomic mass is 79.9. The molecule has 0 aromatic heterocycles. The van der Waals surface area contributed by atoms with Gasteiger partial charge in [0.2, 0.25) is 0 Å². The fourth-order valence-corrected chi connectivity index (χ4v) is 2.81. The number of rotatable bonds is 5. The molecule has 4 nitrogen and oxygen atoms in total. The van der Waals surface area contributed by atoms with Gasteiger partial charge in [0.25, 0.3) is 5.91 Å². The minimum Gasteiger partial charge on any atom is -0.480 e. The Morgan fingerprint density at radius 3 is 2.46 bits per heavy atom. The van der Waals surface area contributed by atoms with Crippen molar-refractivity contribution in [1.29, 1.82) is 0 Å². The van der Waals surface area contributed by atoms with Crippen molar-refractivity contribution in [2.75, 3.05) is 0 Å². The van der Waals surface area contributed by atoms with Crippen LogP contribution in [0.4, 0.5) is 0 Å². The largest absolute Gasteiger partial charge is 0.480 e. The second-order valence-electron chi connectivity index (χ2n) is 5.74. The zero-order valence-corrected chi connectivity index (χ0v) is 15.8. The normalized spacial score (nSPS) is 12.2. The molecule has 0 aliphatic carbocycles. The van der Waals surface area contributed by atoms with Gasteiger partial charge in [-0.25, -0.2) is 5.43 Å². The van der Waals surface area contributed by atoms with Gasteiger partial charge < -0.3 is 4.74 Å². The van der Waals surface area contributed by atoms with E-state index < -0.39 is 6.10 Å². The summed E-state index contributed by atoms with van der Waals surface area (Å²) in [6.45, 7) is 7.81. The summed E-state index contributed by atoms with van der Waals surface area (Å²) in [4.78, 5) is 12.1. The van der Waals surface area contributed by atoms with Crippen LogP contribution in [0.25, 0.3) is 0 Å². The number of para-hydroxylation sites is 1. The summed E-state index contributed by atoms with van der Waals surface area (Å²) in [5.74, 6) is 0.318. The zero-order chi connectivity index (χ0) is 17.7. The Morgan fingerprint density at radius 2 is 1.83 bits per heavy atom. The number of ether oxygens (including phenoxy) is 1. The van der Waals surface area contributed by atoms with Crippen LogP contribution in [-0.2, 0) is 4.79 Å². The standard InChI is InChI=1S/C19H21BrN2O2/c1-12-9-13(2)16(14(3)10-12)11-21-22-19(23)15(4)24-18-8-6-5-7-17(18)20/h5-11,15H,1-4H3,(H,22,23)/b21-11-/t15-/m0/s1. The Balaban J connectivity index is 1.99. The number of nitrogens with one attached hydrogen (secondary N) is 1. The minimum atomic E-state index is -0.652. The molecule has 126 valence electrons. The van der Waals surface area contributed by atoms with Crippen LogP contribution in [0.15, 0.2) is 46.0 Å². The van der Waals surface area contributed by atoms with E-state index in [2.05, 4.69) is 45.5 Å². The topological polar surface area (TPSA) is 50.7 Å². The van der Waals surface area contributed by atoms with E-state index in [9.17, 15) is 4.79 Å². The number of nitrogens with zero attached hydrogens (tertiary/aromatic N) is 1. The van der Waals surface area contributed by atoms with Crippen molar-refractivity contribution >= 4 is 28.1 Å². The lowest BCUT2D eigenvalue weighted by atomic mass is 10.0. The molecule has 2 rings (SSSR count). The molecule has 1 N–H and O–H groups in total. The molecule has 1 atom stereocenters. The molecule has 2 aromatic carbocycles. The van der Waals surface area contributed by atoms with E-state index in [1.54, 1.807) is 19.2 Å². The summed E-state index contributed by atoms with van der Waals surface area (Å²) in [6.07, 6.45) is 1.02. The predicted octanol–water partition coefficient (Wildman–Crippen LogP) is 4.29. The van der Waals surface area contributed by atoms with E-state index in [4.69, 9.17) is 4.74 Å². The summed E-state index contributed by atoms with van der Waals surface area (Å²) >= 11 is 3.39. The van der Waals surface area contributed by atoms with Crippen molar-refractivity contribution in [2.24, 2.45) is 5.10 Å². The Morgan fingerprint density at radius 1 is 1.21 bits per heavy atom. The molecule has 1 amide bonds. The molecule has 2 aromatic rings. The van der Waals surface area contributed by atoms with Crippen molar-refractivity contribution in [3.63, 3.8) is 0 Å². The van der Waals surface area contributed by atoms with Crippen LogP contribution in [0.3, 0.4) is 0 Å². The van der Waals surface area contributed by atoms with Crippen molar-refractivity contribution in [1.82, 2.24) is 5.43 Å². The molecule has 0 spiro atoms. The van der Waals surface area contributed by atoms with Gasteiger partial charge in [0, 0.05) is 5.56 Å². The highest BCUT2D eigenvalue weighted by Crippen LogP contribution is 2.24. The Kier molecular flexibility index (Phi) is 6.15. The Hall–Kier alpha value is -2.14. The van der Waals surface area contributed by atoms with E-state index in [1.807, 2.05) is 32.0 Å². The van der Waals surface area contributed by atoms with Crippen LogP contribution >= 0.6 is 15.9 Å². The molecule has 0 fully saturated rings. The van der Waals surface area contributed by atoms with Gasteiger partial charge >= 0.3 is 0 Å². The molecule has 5 heteroatoms. The minimum absolute atomic E-state index is 0.301. The highest BCUT2D eigenvalue weighted by Gasteiger charge is 2.15. The van der Waals surface area contributed by atoms with E-state index in [1.165, 1.54) is 5.56 Å². The maximum absolute atomic E-state index is 12.1. The number of hydrazone groups is 1. The number of hydrogen-bond donors (Lipinski definition) is 1. The van der Waals surface area contributed by atoms with Crippen LogP contribution < -0.4 is 10.2 Å². The quantitative estimate of drug-likeness (QED) is 0.613. The molecule has 0 saturated carbocycles. The number of hydrogen-bond acceptors (Lipinski definition) is 3. The summed E-state index contributed by atoms with van der Waals surface area (Å²) in [7, 11) is 0. The molecule has 0 saturated heterocycles. The number of carbonyl (C=O) groups is 1. The molecule has 0 radical (unpaired) electrons. The van der Waals surface area contributed by atoms with Gasteiger partial charge in [-0.1, -0.05) is 29.8 Å². The molecular formula is C19H21BrN2O2. The van der Waals surface area contributed by atoms with E-state index in [-0.39, 0.29) is 5.91 Å². The van der Waals surface area contributed by atoms with Crippen molar-refractivity contribution in [3.8, 4) is 5.75 Å². The van der Waals surface area contributed by atoms with Crippen LogP contribution in [0.1, 0.15) is 29.2 Å². The lowest BCUT2D eigenvalue weighted by Crippen LogP contribution is -2.33. The summed E-state index contributed by atoms with van der Waals surface area (Å²) in [6, 6.07) is 11.6. The first-order valence-electron chi connectivity index (χ1n) is 7.70. The predicted molar refractivity (Wildman–Crippen MR) is 101 cm³/mol. The first-order valence-corrected chi connectivity index (χ1v) is 8.49. The van der Waals surface area contributed by atoms with Gasteiger partial charge in [0.05, 0.1) is 10.7 Å². The van der Waals surface area contributed by atoms with Gasteiger partial charge in [0.15, 0.2) is 6.10 Å². The number of amides is 1. The first kappa shape index (κ1) is 18.2. The lowest BCUT2D eigenvalue weighted by Gasteiger charge is -2.14. The maximum Gasteiger partial charge on any atom is 0.280 e. The summed E-state index contributed by atoms with van der Waals surface area (Å²) in [5, 5.41) is 4.06. The van der Waals surface area contributed by atoms with Gasteiger partial charge in [-0.2, -0.15) is 5.10 Å². The lowest BCUT2D eigenvalue weighted by molar-refractivity contribution is -0.127. The molecule has 0 bridgehead atoms. The molecule has 0 unspecified atom stereocenters. The Bertz CT molecular complexity index is 749. The molecule has 0 heterocycles. The molecule has 24 heavy (non-hydrogen) atoms. The third kappa shape index (κ3) is 4.68. The van der Waals surface area contributed by atoms with Crippen molar-refractivity contribution in [2.45, 2.75) is 33.8 Å². The number of benzene rings is 2. The molecule has 0 aliphatic rings. The summed E-state index contributed by atoms with van der Waals surface area (Å²) < 4.78 is 6.44. The monoisotopic (exact) mass is 388 g/mol. The van der Waals surface area contributed by atoms with Gasteiger partial charge in [0.1, 0.15) is 5.75 Å². The third-order valence-corrected chi connectivity index (χ3v) is 4.27. The van der Waals surface area contributed by atoms with Crippen LogP contribution in [0.2, 0.25) is 0 Å². The Labute approximate surface area is 151 Å². The smallest absolute Gasteiger partial charge is 0.280 e. The van der Waals surface area contributed by atoms with Crippen LogP contribution in [0.5, 0.6) is 5.75 Å². The van der Waals surface area contributed by atoms with Crippen molar-refractivity contribution < 1.29 is 9.53 Å². The molecule has 0 aliphatic heterocycles. The summed E-state index contributed by atoms with van der Waals surface area (Å²) in [5.41, 5.74) is 7.01. The second kappa shape index (κ2) is 8.11. The second-order valence-corrected chi connectivity index (χ2v) is 6.59. The van der Waals surface area contributed by atoms with Crippen LogP contribution in [0, 0.1) is 20.8 Å². The highest BCUT2D eigenvalue weighted by molar-refractivity contribution is 9.10. The number of aryl methyl sites for hydroxylation is 3. The number of halogens is 1. The van der Waals surface area contributed by atoms with Gasteiger partial charge in [-0.05, 0) is 66.9 Å². The fourth-order valence-electron chi connectivity index (χ4n) is 2.43. The zero-order valence-electron chi connectivity index (χ0n) is 14.3. The SMILES string of the molecule is Cc1cc(C)c(/C=N\NC(=O)[C@H](C)Oc2ccccc2Br)c(C)c1. The van der Waals surface area contributed by atoms with Gasteiger partial charge in [-0.3, -0.25) is 4.79 Å². The number of carbonyl (C=O) groups excluding carboxylic acids is 1. The van der Waals surface area contributed by atoms with Gasteiger partial charge in [-0.15, -0.1) is 0 Å². The maximum atomic E-state index is 12.1.